The van der Waals surface area contributed by atoms with Gasteiger partial charge in [0.15, 0.2) is 0 Å². The Balaban J connectivity index is 2.12. The second-order valence-corrected chi connectivity index (χ2v) is 9.95. The third-order valence-corrected chi connectivity index (χ3v) is 6.53. The van der Waals surface area contributed by atoms with Crippen LogP contribution < -0.4 is 10.1 Å². The minimum atomic E-state index is -1.28. The van der Waals surface area contributed by atoms with Crippen molar-refractivity contribution in [2.24, 2.45) is 0 Å². The zero-order valence-corrected chi connectivity index (χ0v) is 11.4. The maximum absolute atomic E-state index is 2.47. The molecule has 0 saturated carbocycles. The average Bonchev–Trinajstić information content (AvgIpc) is 2.64. The van der Waals surface area contributed by atoms with Crippen molar-refractivity contribution in [2.45, 2.75) is 13.1 Å². The summed E-state index contributed by atoms with van der Waals surface area (Å²) in [4.78, 5) is 2.47. The molecule has 1 aliphatic rings. The summed E-state index contributed by atoms with van der Waals surface area (Å²) in [5.74, 6) is 0. The van der Waals surface area contributed by atoms with Crippen LogP contribution in [-0.4, -0.2) is 14.2 Å². The van der Waals surface area contributed by atoms with Gasteiger partial charge in [-0.2, -0.15) is 0 Å². The Morgan fingerprint density at radius 2 is 1.53 bits per heavy atom. The monoisotopic (exact) mass is 239 g/mol. The molecule has 2 aromatic rings. The fourth-order valence-corrected chi connectivity index (χ4v) is 5.46. The van der Waals surface area contributed by atoms with Crippen molar-refractivity contribution in [1.29, 1.82) is 0 Å². The molecule has 17 heavy (non-hydrogen) atoms. The van der Waals surface area contributed by atoms with Crippen LogP contribution in [0.15, 0.2) is 54.6 Å². The quantitative estimate of drug-likeness (QED) is 0.690. The van der Waals surface area contributed by atoms with Gasteiger partial charge in [-0.3, -0.25) is 0 Å². The predicted octanol–water partition coefficient (Wildman–Crippen LogP) is 3.29. The Hall–Kier alpha value is -1.54. The minimum Gasteiger partial charge on any atom is -0.344 e. The number of hydrogen-bond acceptors (Lipinski definition) is 1. The Labute approximate surface area is 104 Å². The summed E-state index contributed by atoms with van der Waals surface area (Å²) < 4.78 is 0. The lowest BCUT2D eigenvalue weighted by molar-refractivity contribution is 1.17. The highest BCUT2D eigenvalue weighted by Crippen LogP contribution is 2.32. The first-order chi connectivity index (χ1) is 8.18. The van der Waals surface area contributed by atoms with E-state index in [9.17, 15) is 0 Å². The van der Waals surface area contributed by atoms with E-state index in [2.05, 4.69) is 72.6 Å². The second kappa shape index (κ2) is 3.74. The first-order valence-corrected chi connectivity index (χ1v) is 9.31. The van der Waals surface area contributed by atoms with Gasteiger partial charge in [-0.05, 0) is 23.4 Å². The van der Waals surface area contributed by atoms with E-state index in [1.54, 1.807) is 5.19 Å². The van der Waals surface area contributed by atoms with Crippen LogP contribution in [0, 0.1) is 0 Å². The van der Waals surface area contributed by atoms with Gasteiger partial charge in [-0.25, -0.2) is 0 Å². The third-order valence-electron chi connectivity index (χ3n) is 3.55. The number of fused-ring (bicyclic) bond motifs is 1. The molecule has 0 aliphatic carbocycles. The molecular weight excluding hydrogens is 222 g/mol. The van der Waals surface area contributed by atoms with Crippen LogP contribution >= 0.6 is 0 Å². The molecule has 3 rings (SSSR count). The van der Waals surface area contributed by atoms with E-state index in [4.69, 9.17) is 0 Å². The fourth-order valence-electron chi connectivity index (χ4n) is 2.69. The summed E-state index contributed by atoms with van der Waals surface area (Å²) in [6.45, 7) is 4.91. The molecule has 0 N–H and O–H groups in total. The van der Waals surface area contributed by atoms with E-state index >= 15 is 0 Å². The van der Waals surface area contributed by atoms with Gasteiger partial charge in [0.25, 0.3) is 0 Å². The van der Waals surface area contributed by atoms with E-state index < -0.39 is 8.07 Å². The van der Waals surface area contributed by atoms with E-state index in [1.165, 1.54) is 17.5 Å². The number of para-hydroxylation sites is 2. The minimum absolute atomic E-state index is 1.19. The van der Waals surface area contributed by atoms with Crippen molar-refractivity contribution in [3.05, 3.63) is 54.6 Å². The molecule has 0 radical (unpaired) electrons. The molecule has 0 atom stereocenters. The Kier molecular flexibility index (Phi) is 2.33. The summed E-state index contributed by atoms with van der Waals surface area (Å²) >= 11 is 0. The summed E-state index contributed by atoms with van der Waals surface area (Å²) in [6, 6.07) is 19.6. The summed E-state index contributed by atoms with van der Waals surface area (Å²) in [5, 5.41) is 1.59. The van der Waals surface area contributed by atoms with E-state index in [-0.39, 0.29) is 0 Å². The van der Waals surface area contributed by atoms with Crippen LogP contribution in [0.4, 0.5) is 11.4 Å². The first kappa shape index (κ1) is 10.6. The Morgan fingerprint density at radius 3 is 2.29 bits per heavy atom. The van der Waals surface area contributed by atoms with Crippen LogP contribution in [0.3, 0.4) is 0 Å². The molecule has 0 spiro atoms. The molecule has 86 valence electrons. The smallest absolute Gasteiger partial charge is 0.105 e. The Bertz CT molecular complexity index is 534. The molecule has 0 bridgehead atoms. The van der Waals surface area contributed by atoms with Crippen molar-refractivity contribution in [1.82, 2.24) is 0 Å². The summed E-state index contributed by atoms with van der Waals surface area (Å²) in [7, 11) is -1.28. The van der Waals surface area contributed by atoms with Crippen LogP contribution in [-0.2, 0) is 0 Å². The van der Waals surface area contributed by atoms with Crippen molar-refractivity contribution < 1.29 is 0 Å². The molecular formula is C15H17NSi. The summed E-state index contributed by atoms with van der Waals surface area (Å²) in [6.07, 6.45) is 1.19. The van der Waals surface area contributed by atoms with Crippen LogP contribution in [0.5, 0.6) is 0 Å². The highest BCUT2D eigenvalue weighted by molar-refractivity contribution is 6.92. The molecule has 2 aromatic carbocycles. The van der Waals surface area contributed by atoms with Crippen molar-refractivity contribution in [3.63, 3.8) is 0 Å². The van der Waals surface area contributed by atoms with Crippen LogP contribution in [0.25, 0.3) is 0 Å². The SMILES string of the molecule is C[Si]1(C)CN(c2ccccc2)c2ccccc21. The van der Waals surface area contributed by atoms with Gasteiger partial charge in [0.05, 0.1) is 0 Å². The van der Waals surface area contributed by atoms with Gasteiger partial charge >= 0.3 is 0 Å². The topological polar surface area (TPSA) is 3.24 Å². The molecule has 0 saturated heterocycles. The molecule has 0 amide bonds. The summed E-state index contributed by atoms with van der Waals surface area (Å²) in [5.41, 5.74) is 2.73. The van der Waals surface area contributed by atoms with Gasteiger partial charge in [0.2, 0.25) is 0 Å². The van der Waals surface area contributed by atoms with Crippen LogP contribution in [0.1, 0.15) is 0 Å². The molecule has 1 aliphatic heterocycles. The van der Waals surface area contributed by atoms with Gasteiger partial charge in [-0.1, -0.05) is 49.5 Å². The predicted molar refractivity (Wildman–Crippen MR) is 77.0 cm³/mol. The lowest BCUT2D eigenvalue weighted by atomic mass is 10.2. The lowest BCUT2D eigenvalue weighted by Gasteiger charge is -2.21. The van der Waals surface area contributed by atoms with E-state index in [0.29, 0.717) is 0 Å². The molecule has 0 unspecified atom stereocenters. The normalized spacial score (nSPS) is 16.9. The number of rotatable bonds is 1. The molecule has 0 fully saturated rings. The average molecular weight is 239 g/mol. The Morgan fingerprint density at radius 1 is 0.882 bits per heavy atom. The van der Waals surface area contributed by atoms with Crippen molar-refractivity contribution in [3.8, 4) is 0 Å². The highest BCUT2D eigenvalue weighted by Gasteiger charge is 2.36. The lowest BCUT2D eigenvalue weighted by Crippen LogP contribution is -2.42. The second-order valence-electron chi connectivity index (χ2n) is 5.32. The number of benzene rings is 2. The largest absolute Gasteiger partial charge is 0.344 e. The maximum Gasteiger partial charge on any atom is 0.105 e. The van der Waals surface area contributed by atoms with Gasteiger partial charge in [0.1, 0.15) is 8.07 Å². The molecule has 2 heteroatoms. The molecule has 0 aromatic heterocycles. The zero-order chi connectivity index (χ0) is 11.9. The van der Waals surface area contributed by atoms with E-state index in [1.807, 2.05) is 0 Å². The number of hydrogen-bond donors (Lipinski definition) is 0. The highest BCUT2D eigenvalue weighted by atomic mass is 28.3. The van der Waals surface area contributed by atoms with Crippen molar-refractivity contribution >= 4 is 24.6 Å². The number of anilines is 2. The zero-order valence-electron chi connectivity index (χ0n) is 10.4. The maximum atomic E-state index is 2.47. The number of nitrogens with zero attached hydrogens (tertiary/aromatic N) is 1. The van der Waals surface area contributed by atoms with E-state index in [0.717, 1.165) is 0 Å². The van der Waals surface area contributed by atoms with Gasteiger partial charge in [0, 0.05) is 17.5 Å². The first-order valence-electron chi connectivity index (χ1n) is 6.11. The molecule has 1 nitrogen and oxygen atoms in total. The third kappa shape index (κ3) is 1.69. The fraction of sp³-hybridized carbons (Fsp3) is 0.200. The standard InChI is InChI=1S/C15H17NSi/c1-17(2)12-16(13-8-4-3-5-9-13)14-10-6-7-11-15(14)17/h3-11H,12H2,1-2H3. The van der Waals surface area contributed by atoms with Gasteiger partial charge < -0.3 is 4.90 Å². The molecule has 1 heterocycles. The van der Waals surface area contributed by atoms with Crippen molar-refractivity contribution in [2.75, 3.05) is 11.1 Å². The van der Waals surface area contributed by atoms with Crippen LogP contribution in [0.2, 0.25) is 13.1 Å². The van der Waals surface area contributed by atoms with Gasteiger partial charge in [-0.15, -0.1) is 0 Å².